The average molecular weight is 439 g/mol. The molecule has 0 amide bonds. The second-order valence-corrected chi connectivity index (χ2v) is 18.0. The van der Waals surface area contributed by atoms with E-state index in [4.69, 9.17) is 4.43 Å². The molecule has 2 saturated carbocycles. The Balaban J connectivity index is 2.22. The van der Waals surface area contributed by atoms with E-state index < -0.39 is 13.9 Å². The Labute approximate surface area is 187 Å². The zero-order valence-corrected chi connectivity index (χ0v) is 22.4. The van der Waals surface area contributed by atoms with E-state index in [-0.39, 0.29) is 15.9 Å². The monoisotopic (exact) mass is 438 g/mol. The van der Waals surface area contributed by atoms with Gasteiger partial charge in [0.1, 0.15) is 6.29 Å². The molecule has 2 aliphatic carbocycles. The maximum absolute atomic E-state index is 11.7. The Bertz CT molecular complexity index is 588. The van der Waals surface area contributed by atoms with Gasteiger partial charge in [0.15, 0.2) is 8.32 Å². The standard InChI is InChI=1S/C26H50O3Si/c1-23(2,3)30(8,9)29-21-12-10-17-26(7)20(21)13-14-22(26)25(6,18-19-27)16-11-15-24(4,5)28/h19-22,28H,10-18H2,1-9H3/t20?,21-,22?,25+,26-/m0/s1. The van der Waals surface area contributed by atoms with E-state index >= 15 is 0 Å². The van der Waals surface area contributed by atoms with Crippen LogP contribution in [0.2, 0.25) is 18.1 Å². The summed E-state index contributed by atoms with van der Waals surface area (Å²) in [5.74, 6) is 1.18. The SMILES string of the molecule is CC(C)(O)CCC[C@](C)(CC=O)C1CCC2[C@@H](O[Si](C)(C)C(C)(C)C)CCC[C@@]21C. The number of fused-ring (bicyclic) bond motifs is 1. The van der Waals surface area contributed by atoms with E-state index in [2.05, 4.69) is 47.7 Å². The zero-order valence-electron chi connectivity index (χ0n) is 21.4. The number of hydrogen-bond acceptors (Lipinski definition) is 3. The minimum atomic E-state index is -1.79. The molecule has 2 unspecified atom stereocenters. The van der Waals surface area contributed by atoms with Gasteiger partial charge in [0.05, 0.1) is 5.60 Å². The van der Waals surface area contributed by atoms with Gasteiger partial charge < -0.3 is 14.3 Å². The van der Waals surface area contributed by atoms with E-state index in [9.17, 15) is 9.90 Å². The number of carbonyl (C=O) groups excluding carboxylic acids is 1. The first-order valence-electron chi connectivity index (χ1n) is 12.4. The molecule has 0 aromatic heterocycles. The van der Waals surface area contributed by atoms with Crippen LogP contribution in [0.4, 0.5) is 0 Å². The van der Waals surface area contributed by atoms with Crippen molar-refractivity contribution in [2.24, 2.45) is 22.7 Å². The van der Waals surface area contributed by atoms with Crippen LogP contribution in [-0.4, -0.2) is 31.4 Å². The summed E-state index contributed by atoms with van der Waals surface area (Å²) in [4.78, 5) is 11.7. The third-order valence-corrected chi connectivity index (χ3v) is 13.7. The predicted molar refractivity (Wildman–Crippen MR) is 129 cm³/mol. The van der Waals surface area contributed by atoms with E-state index in [1.807, 2.05) is 13.8 Å². The quantitative estimate of drug-likeness (QED) is 0.307. The van der Waals surface area contributed by atoms with Crippen LogP contribution in [0.15, 0.2) is 0 Å². The minimum Gasteiger partial charge on any atom is -0.414 e. The number of hydrogen-bond donors (Lipinski definition) is 1. The van der Waals surface area contributed by atoms with Crippen molar-refractivity contribution in [1.82, 2.24) is 0 Å². The second kappa shape index (κ2) is 8.98. The summed E-state index contributed by atoms with van der Waals surface area (Å²) in [5, 5.41) is 10.4. The molecule has 4 heteroatoms. The lowest BCUT2D eigenvalue weighted by Gasteiger charge is -2.52. The van der Waals surface area contributed by atoms with Crippen LogP contribution in [0.25, 0.3) is 0 Å². The lowest BCUT2D eigenvalue weighted by Crippen LogP contribution is -2.51. The fourth-order valence-electron chi connectivity index (χ4n) is 6.49. The van der Waals surface area contributed by atoms with Crippen LogP contribution in [0.1, 0.15) is 106 Å². The van der Waals surface area contributed by atoms with E-state index in [1.54, 1.807) is 0 Å². The Morgan fingerprint density at radius 1 is 1.07 bits per heavy atom. The van der Waals surface area contributed by atoms with Gasteiger partial charge in [0, 0.05) is 12.5 Å². The van der Waals surface area contributed by atoms with Gasteiger partial charge in [-0.1, -0.05) is 47.5 Å². The third kappa shape index (κ3) is 5.59. The van der Waals surface area contributed by atoms with E-state index in [0.29, 0.717) is 24.4 Å². The average Bonchev–Trinajstić information content (AvgIpc) is 2.91. The van der Waals surface area contributed by atoms with Gasteiger partial charge in [0.2, 0.25) is 0 Å². The molecule has 176 valence electrons. The summed E-state index contributed by atoms with van der Waals surface area (Å²) >= 11 is 0. The molecule has 0 aromatic carbocycles. The van der Waals surface area contributed by atoms with Gasteiger partial charge in [-0.25, -0.2) is 0 Å². The largest absolute Gasteiger partial charge is 0.414 e. The summed E-state index contributed by atoms with van der Waals surface area (Å²) < 4.78 is 7.01. The first-order valence-corrected chi connectivity index (χ1v) is 15.3. The molecule has 0 saturated heterocycles. The number of carbonyl (C=O) groups is 1. The molecule has 2 rings (SSSR count). The number of aliphatic hydroxyl groups is 1. The molecule has 30 heavy (non-hydrogen) atoms. The Hall–Kier alpha value is -0.193. The van der Waals surface area contributed by atoms with Gasteiger partial charge in [-0.3, -0.25) is 0 Å². The molecule has 2 fully saturated rings. The molecular formula is C26H50O3Si. The summed E-state index contributed by atoms with van der Waals surface area (Å²) in [6, 6.07) is 0. The third-order valence-electron chi connectivity index (χ3n) is 9.24. The zero-order chi connectivity index (χ0) is 23.0. The van der Waals surface area contributed by atoms with Crippen molar-refractivity contribution in [2.75, 3.05) is 0 Å². The van der Waals surface area contributed by atoms with Crippen molar-refractivity contribution in [3.8, 4) is 0 Å². The van der Waals surface area contributed by atoms with Crippen molar-refractivity contribution in [3.63, 3.8) is 0 Å². The maximum Gasteiger partial charge on any atom is 0.192 e. The van der Waals surface area contributed by atoms with Crippen LogP contribution >= 0.6 is 0 Å². The topological polar surface area (TPSA) is 46.5 Å². The van der Waals surface area contributed by atoms with Gasteiger partial charge in [-0.2, -0.15) is 0 Å². The van der Waals surface area contributed by atoms with Crippen molar-refractivity contribution in [3.05, 3.63) is 0 Å². The maximum atomic E-state index is 11.7. The molecule has 1 N–H and O–H groups in total. The van der Waals surface area contributed by atoms with Crippen molar-refractivity contribution >= 4 is 14.6 Å². The van der Waals surface area contributed by atoms with Gasteiger partial charge in [0.25, 0.3) is 0 Å². The molecule has 5 atom stereocenters. The normalized spacial score (nSPS) is 32.5. The van der Waals surface area contributed by atoms with Gasteiger partial charge in [-0.15, -0.1) is 0 Å². The Kier molecular flexibility index (Phi) is 7.80. The summed E-state index contributed by atoms with van der Waals surface area (Å²) in [6.45, 7) is 20.4. The second-order valence-electron chi connectivity index (χ2n) is 13.2. The van der Waals surface area contributed by atoms with Crippen molar-refractivity contribution in [1.29, 1.82) is 0 Å². The van der Waals surface area contributed by atoms with E-state index in [0.717, 1.165) is 25.5 Å². The summed E-state index contributed by atoms with van der Waals surface area (Å²) in [7, 11) is -1.79. The Morgan fingerprint density at radius 3 is 2.23 bits per heavy atom. The molecule has 2 aliphatic rings. The molecule has 0 spiro atoms. The highest BCUT2D eigenvalue weighted by Gasteiger charge is 2.57. The molecule has 0 heterocycles. The van der Waals surface area contributed by atoms with Gasteiger partial charge in [-0.05, 0) is 93.2 Å². The Morgan fingerprint density at radius 2 is 1.70 bits per heavy atom. The highest BCUT2D eigenvalue weighted by atomic mass is 28.4. The summed E-state index contributed by atoms with van der Waals surface area (Å²) in [5.41, 5.74) is -0.343. The molecule has 0 bridgehead atoms. The van der Waals surface area contributed by atoms with Crippen LogP contribution in [-0.2, 0) is 9.22 Å². The first kappa shape index (κ1) is 26.1. The van der Waals surface area contributed by atoms with Crippen molar-refractivity contribution in [2.45, 2.75) is 136 Å². The van der Waals surface area contributed by atoms with Crippen LogP contribution in [0.3, 0.4) is 0 Å². The predicted octanol–water partition coefficient (Wildman–Crippen LogP) is 7.13. The van der Waals surface area contributed by atoms with E-state index in [1.165, 1.54) is 32.1 Å². The van der Waals surface area contributed by atoms with Crippen LogP contribution < -0.4 is 0 Å². The molecule has 0 radical (unpaired) electrons. The van der Waals surface area contributed by atoms with Gasteiger partial charge >= 0.3 is 0 Å². The highest BCUT2D eigenvalue weighted by Crippen LogP contribution is 2.63. The molecule has 0 aliphatic heterocycles. The highest BCUT2D eigenvalue weighted by molar-refractivity contribution is 6.74. The fraction of sp³-hybridized carbons (Fsp3) is 0.962. The summed E-state index contributed by atoms with van der Waals surface area (Å²) in [6.07, 6.45) is 11.1. The van der Waals surface area contributed by atoms with Crippen LogP contribution in [0, 0.1) is 22.7 Å². The molecule has 3 nitrogen and oxygen atoms in total. The lowest BCUT2D eigenvalue weighted by atomic mass is 9.56. The van der Waals surface area contributed by atoms with Crippen LogP contribution in [0.5, 0.6) is 0 Å². The van der Waals surface area contributed by atoms with Crippen molar-refractivity contribution < 1.29 is 14.3 Å². The molecule has 0 aromatic rings. The fourth-order valence-corrected chi connectivity index (χ4v) is 7.89. The number of aldehydes is 1. The molecular weight excluding hydrogens is 388 g/mol. The number of rotatable bonds is 9. The lowest BCUT2D eigenvalue weighted by molar-refractivity contribution is -0.112. The minimum absolute atomic E-state index is 0.0232. The smallest absolute Gasteiger partial charge is 0.192 e. The first-order chi connectivity index (χ1) is 13.6.